The van der Waals surface area contributed by atoms with Crippen molar-refractivity contribution in [1.29, 1.82) is 0 Å². The fraction of sp³-hybridized carbons (Fsp3) is 0.444. The van der Waals surface area contributed by atoms with Gasteiger partial charge in [-0.1, -0.05) is 33.1 Å². The van der Waals surface area contributed by atoms with Gasteiger partial charge in [-0.15, -0.1) is 11.3 Å². The number of nitrogens with zero attached hydrogens (tertiary/aromatic N) is 1. The van der Waals surface area contributed by atoms with E-state index in [9.17, 15) is 9.90 Å². The number of benzene rings is 1. The molecule has 1 N–H and O–H groups in total. The second-order valence-electron chi connectivity index (χ2n) is 5.39. The number of aromatic nitrogens is 1. The average Bonchev–Trinajstić information content (AvgIpc) is 3.00. The maximum atomic E-state index is 11.2. The molecule has 2 aromatic rings. The highest BCUT2D eigenvalue weighted by atomic mass is 32.1. The standard InChI is InChI=1S/C18H23NO3S/c1-3-5-6-7-12-22-14-10-8-13(9-11-14)17-19-15(4-2)16(23-17)18(20)21/h8-11H,3-7,12H2,1-2H3,(H,20,21). The van der Waals surface area contributed by atoms with Crippen molar-refractivity contribution in [3.05, 3.63) is 34.8 Å². The smallest absolute Gasteiger partial charge is 0.347 e. The van der Waals surface area contributed by atoms with Gasteiger partial charge in [0.15, 0.2) is 0 Å². The monoisotopic (exact) mass is 333 g/mol. The van der Waals surface area contributed by atoms with Gasteiger partial charge in [-0.2, -0.15) is 0 Å². The van der Waals surface area contributed by atoms with E-state index in [2.05, 4.69) is 11.9 Å². The molecular weight excluding hydrogens is 310 g/mol. The van der Waals surface area contributed by atoms with Gasteiger partial charge in [0.2, 0.25) is 0 Å². The number of thiazole rings is 1. The Bertz CT molecular complexity index is 634. The van der Waals surface area contributed by atoms with Crippen LogP contribution >= 0.6 is 11.3 Å². The molecule has 0 saturated carbocycles. The Balaban J connectivity index is 2.00. The Kier molecular flexibility index (Phi) is 6.59. The maximum Gasteiger partial charge on any atom is 0.347 e. The molecule has 0 bridgehead atoms. The maximum absolute atomic E-state index is 11.2. The van der Waals surface area contributed by atoms with Gasteiger partial charge in [-0.25, -0.2) is 9.78 Å². The lowest BCUT2D eigenvalue weighted by molar-refractivity contribution is 0.0701. The minimum absolute atomic E-state index is 0.332. The van der Waals surface area contributed by atoms with Crippen molar-refractivity contribution in [2.45, 2.75) is 46.0 Å². The number of aromatic carboxylic acids is 1. The molecule has 1 aromatic carbocycles. The van der Waals surface area contributed by atoms with Crippen molar-refractivity contribution in [3.8, 4) is 16.3 Å². The first-order chi connectivity index (χ1) is 11.2. The molecular formula is C18H23NO3S. The van der Waals surface area contributed by atoms with Crippen molar-refractivity contribution in [1.82, 2.24) is 4.98 Å². The molecule has 0 spiro atoms. The van der Waals surface area contributed by atoms with Gasteiger partial charge in [0.05, 0.1) is 12.3 Å². The predicted molar refractivity (Wildman–Crippen MR) is 93.5 cm³/mol. The molecule has 0 unspecified atom stereocenters. The average molecular weight is 333 g/mol. The molecule has 0 aliphatic carbocycles. The van der Waals surface area contributed by atoms with E-state index in [-0.39, 0.29) is 0 Å². The van der Waals surface area contributed by atoms with Crippen molar-refractivity contribution in [2.24, 2.45) is 0 Å². The molecule has 1 heterocycles. The third kappa shape index (κ3) is 4.79. The van der Waals surface area contributed by atoms with Crippen LogP contribution in [0.5, 0.6) is 5.75 Å². The second kappa shape index (κ2) is 8.67. The zero-order valence-electron chi connectivity index (χ0n) is 13.7. The third-order valence-electron chi connectivity index (χ3n) is 3.59. The fourth-order valence-corrected chi connectivity index (χ4v) is 3.29. The summed E-state index contributed by atoms with van der Waals surface area (Å²) in [7, 11) is 0. The van der Waals surface area contributed by atoms with E-state index in [1.807, 2.05) is 31.2 Å². The Morgan fingerprint density at radius 3 is 2.48 bits per heavy atom. The van der Waals surface area contributed by atoms with Crippen molar-refractivity contribution < 1.29 is 14.6 Å². The lowest BCUT2D eigenvalue weighted by Crippen LogP contribution is -1.97. The zero-order valence-corrected chi connectivity index (χ0v) is 14.5. The highest BCUT2D eigenvalue weighted by molar-refractivity contribution is 7.17. The molecule has 5 heteroatoms. The zero-order chi connectivity index (χ0) is 16.7. The molecule has 124 valence electrons. The summed E-state index contributed by atoms with van der Waals surface area (Å²) in [5.41, 5.74) is 1.57. The number of carbonyl (C=O) groups is 1. The van der Waals surface area contributed by atoms with E-state index in [0.29, 0.717) is 17.0 Å². The number of ether oxygens (including phenoxy) is 1. The normalized spacial score (nSPS) is 10.7. The third-order valence-corrected chi connectivity index (χ3v) is 4.73. The minimum Gasteiger partial charge on any atom is -0.494 e. The summed E-state index contributed by atoms with van der Waals surface area (Å²) >= 11 is 1.23. The number of rotatable bonds is 9. The SMILES string of the molecule is CCCCCCOc1ccc(-c2nc(CC)c(C(=O)O)s2)cc1. The fourth-order valence-electron chi connectivity index (χ4n) is 2.29. The van der Waals surface area contributed by atoms with Gasteiger partial charge in [-0.05, 0) is 37.1 Å². The van der Waals surface area contributed by atoms with Gasteiger partial charge in [0.25, 0.3) is 0 Å². The molecule has 0 saturated heterocycles. The molecule has 0 aliphatic rings. The van der Waals surface area contributed by atoms with Crippen LogP contribution in [0.2, 0.25) is 0 Å². The van der Waals surface area contributed by atoms with E-state index in [1.54, 1.807) is 0 Å². The first kappa shape index (κ1) is 17.5. The van der Waals surface area contributed by atoms with Crippen LogP contribution < -0.4 is 4.74 Å². The van der Waals surface area contributed by atoms with Crippen LogP contribution in [-0.4, -0.2) is 22.7 Å². The Labute approximate surface area is 141 Å². The summed E-state index contributed by atoms with van der Waals surface area (Å²) in [5, 5.41) is 9.95. The van der Waals surface area contributed by atoms with Gasteiger partial charge < -0.3 is 9.84 Å². The van der Waals surface area contributed by atoms with Crippen LogP contribution in [0.4, 0.5) is 0 Å². The van der Waals surface area contributed by atoms with E-state index >= 15 is 0 Å². The van der Waals surface area contributed by atoms with Crippen molar-refractivity contribution in [3.63, 3.8) is 0 Å². The van der Waals surface area contributed by atoms with E-state index in [0.717, 1.165) is 29.3 Å². The predicted octanol–water partition coefficient (Wildman–Crippen LogP) is 5.03. The molecule has 0 radical (unpaired) electrons. The van der Waals surface area contributed by atoms with Crippen LogP contribution in [-0.2, 0) is 6.42 Å². The minimum atomic E-state index is -0.905. The summed E-state index contributed by atoms with van der Waals surface area (Å²) in [6.07, 6.45) is 5.37. The van der Waals surface area contributed by atoms with Gasteiger partial charge in [-0.3, -0.25) is 0 Å². The Hall–Kier alpha value is -1.88. The van der Waals surface area contributed by atoms with Gasteiger partial charge >= 0.3 is 5.97 Å². The van der Waals surface area contributed by atoms with Gasteiger partial charge in [0.1, 0.15) is 15.6 Å². The number of aryl methyl sites for hydroxylation is 1. The highest BCUT2D eigenvalue weighted by Gasteiger charge is 2.16. The van der Waals surface area contributed by atoms with E-state index < -0.39 is 5.97 Å². The summed E-state index contributed by atoms with van der Waals surface area (Å²) in [4.78, 5) is 16.0. The molecule has 0 fully saturated rings. The van der Waals surface area contributed by atoms with Crippen LogP contribution in [0.3, 0.4) is 0 Å². The lowest BCUT2D eigenvalue weighted by atomic mass is 10.2. The molecule has 1 aromatic heterocycles. The van der Waals surface area contributed by atoms with Crippen LogP contribution in [0.15, 0.2) is 24.3 Å². The first-order valence-electron chi connectivity index (χ1n) is 8.12. The quantitative estimate of drug-likeness (QED) is 0.654. The second-order valence-corrected chi connectivity index (χ2v) is 6.39. The molecule has 2 rings (SSSR count). The largest absolute Gasteiger partial charge is 0.494 e. The van der Waals surface area contributed by atoms with Crippen LogP contribution in [0.1, 0.15) is 54.9 Å². The van der Waals surface area contributed by atoms with Crippen LogP contribution in [0, 0.1) is 0 Å². The number of unbranched alkanes of at least 4 members (excludes halogenated alkanes) is 3. The summed E-state index contributed by atoms with van der Waals surface area (Å²) in [6, 6.07) is 7.71. The van der Waals surface area contributed by atoms with Gasteiger partial charge in [0, 0.05) is 5.56 Å². The van der Waals surface area contributed by atoms with Crippen molar-refractivity contribution in [2.75, 3.05) is 6.61 Å². The number of carboxylic acids is 1. The van der Waals surface area contributed by atoms with E-state index in [4.69, 9.17) is 4.74 Å². The molecule has 0 atom stereocenters. The van der Waals surface area contributed by atoms with Crippen LogP contribution in [0.25, 0.3) is 10.6 Å². The molecule has 0 aliphatic heterocycles. The first-order valence-corrected chi connectivity index (χ1v) is 8.93. The topological polar surface area (TPSA) is 59.4 Å². The highest BCUT2D eigenvalue weighted by Crippen LogP contribution is 2.29. The molecule has 0 amide bonds. The Morgan fingerprint density at radius 1 is 1.17 bits per heavy atom. The summed E-state index contributed by atoms with van der Waals surface area (Å²) < 4.78 is 5.72. The van der Waals surface area contributed by atoms with E-state index in [1.165, 1.54) is 30.6 Å². The van der Waals surface area contributed by atoms with Crippen molar-refractivity contribution >= 4 is 17.3 Å². The Morgan fingerprint density at radius 2 is 1.91 bits per heavy atom. The molecule has 23 heavy (non-hydrogen) atoms. The molecule has 4 nitrogen and oxygen atoms in total. The summed E-state index contributed by atoms with van der Waals surface area (Å²) in [6.45, 7) is 4.85. The number of carboxylic acid groups (broad SMARTS) is 1. The lowest BCUT2D eigenvalue weighted by Gasteiger charge is -2.06. The number of hydrogen-bond donors (Lipinski definition) is 1. The summed E-state index contributed by atoms with van der Waals surface area (Å²) in [5.74, 6) is -0.0615. The number of hydrogen-bond acceptors (Lipinski definition) is 4.